The van der Waals surface area contributed by atoms with Crippen LogP contribution in [0, 0.1) is 0 Å². The number of guanidine groups is 1. The molecule has 0 bridgehead atoms. The Kier molecular flexibility index (Phi) is 10.7. The lowest BCUT2D eigenvalue weighted by atomic mass is 10.1. The van der Waals surface area contributed by atoms with Gasteiger partial charge in [0.15, 0.2) is 5.96 Å². The van der Waals surface area contributed by atoms with E-state index >= 15 is 0 Å². The van der Waals surface area contributed by atoms with E-state index in [1.807, 2.05) is 13.1 Å². The summed E-state index contributed by atoms with van der Waals surface area (Å²) in [6.07, 6.45) is 5.60. The largest absolute Gasteiger partial charge is 0.468 e. The second kappa shape index (κ2) is 13.0. The van der Waals surface area contributed by atoms with E-state index in [0.29, 0.717) is 0 Å². The first-order valence-electron chi connectivity index (χ1n) is 10.6. The Hall–Kier alpha value is -1.58. The number of likely N-dealkylation sites (N-methyl/N-ethyl adjacent to an activating group) is 1. The molecule has 1 saturated heterocycles. The van der Waals surface area contributed by atoms with Crippen LogP contribution in [0.5, 0.6) is 0 Å². The van der Waals surface area contributed by atoms with Crippen LogP contribution in [0.3, 0.4) is 0 Å². The molecule has 1 fully saturated rings. The first kappa shape index (κ1) is 24.7. The summed E-state index contributed by atoms with van der Waals surface area (Å²) in [6, 6.07) is 15.1. The highest BCUT2D eigenvalue weighted by molar-refractivity contribution is 14.0. The number of nitrogens with one attached hydrogen (secondary N) is 2. The summed E-state index contributed by atoms with van der Waals surface area (Å²) < 4.78 is 5.75. The highest BCUT2D eigenvalue weighted by Gasteiger charge is 2.24. The van der Waals surface area contributed by atoms with E-state index in [9.17, 15) is 0 Å². The van der Waals surface area contributed by atoms with E-state index in [1.165, 1.54) is 24.8 Å². The van der Waals surface area contributed by atoms with Gasteiger partial charge in [-0.15, -0.1) is 24.0 Å². The number of hydrogen-bond donors (Lipinski definition) is 2. The lowest BCUT2D eigenvalue weighted by Crippen LogP contribution is -2.46. The molecule has 2 atom stereocenters. The van der Waals surface area contributed by atoms with Crippen molar-refractivity contribution in [3.05, 3.63) is 60.1 Å². The Morgan fingerprint density at radius 2 is 1.73 bits per heavy atom. The second-order valence-electron chi connectivity index (χ2n) is 7.85. The van der Waals surface area contributed by atoms with Crippen LogP contribution in [0.4, 0.5) is 0 Å². The van der Waals surface area contributed by atoms with Crippen molar-refractivity contribution < 1.29 is 4.42 Å². The van der Waals surface area contributed by atoms with Crippen molar-refractivity contribution in [3.8, 4) is 0 Å². The summed E-state index contributed by atoms with van der Waals surface area (Å²) in [6.45, 7) is 3.79. The van der Waals surface area contributed by atoms with E-state index in [1.54, 1.807) is 6.26 Å². The van der Waals surface area contributed by atoms with Crippen molar-refractivity contribution in [1.29, 1.82) is 0 Å². The Morgan fingerprint density at radius 3 is 2.33 bits per heavy atom. The van der Waals surface area contributed by atoms with E-state index < -0.39 is 0 Å². The fourth-order valence-electron chi connectivity index (χ4n) is 4.00. The number of rotatable bonds is 8. The van der Waals surface area contributed by atoms with E-state index in [4.69, 9.17) is 4.42 Å². The van der Waals surface area contributed by atoms with Crippen molar-refractivity contribution in [3.63, 3.8) is 0 Å². The van der Waals surface area contributed by atoms with Gasteiger partial charge in [0.05, 0.1) is 18.3 Å². The van der Waals surface area contributed by atoms with Gasteiger partial charge >= 0.3 is 0 Å². The highest BCUT2D eigenvalue weighted by Crippen LogP contribution is 2.24. The molecule has 6 nitrogen and oxygen atoms in total. The standard InChI is InChI=1S/C23H35N5O.HI/c1-24-23(25-17-20(27(2)3)19-11-6-4-7-12-19)26-18-21(22-13-10-16-29-22)28-14-8-5-9-15-28;/h4,6-7,10-13,16,20-21H,5,8-9,14-15,17-18H2,1-3H3,(H2,24,25,26);1H. The number of piperidine rings is 1. The first-order chi connectivity index (χ1) is 14.2. The zero-order valence-corrected chi connectivity index (χ0v) is 20.7. The van der Waals surface area contributed by atoms with Crippen molar-refractivity contribution in [1.82, 2.24) is 20.4 Å². The summed E-state index contributed by atoms with van der Waals surface area (Å²) in [5.41, 5.74) is 1.29. The summed E-state index contributed by atoms with van der Waals surface area (Å²) in [7, 11) is 6.04. The fraction of sp³-hybridized carbons (Fsp3) is 0.522. The Labute approximate surface area is 198 Å². The molecule has 2 unspecified atom stereocenters. The number of nitrogens with zero attached hydrogens (tertiary/aromatic N) is 3. The number of halogens is 1. The van der Waals surface area contributed by atoms with Crippen LogP contribution in [0.15, 0.2) is 58.1 Å². The molecule has 30 heavy (non-hydrogen) atoms. The molecule has 1 aliphatic heterocycles. The fourth-order valence-corrected chi connectivity index (χ4v) is 4.00. The van der Waals surface area contributed by atoms with E-state index in [-0.39, 0.29) is 36.1 Å². The van der Waals surface area contributed by atoms with Crippen LogP contribution in [0.1, 0.15) is 42.7 Å². The molecule has 0 amide bonds. The van der Waals surface area contributed by atoms with Gasteiger partial charge in [-0.1, -0.05) is 36.8 Å². The molecule has 1 aromatic carbocycles. The lowest BCUT2D eigenvalue weighted by Gasteiger charge is -2.34. The predicted molar refractivity (Wildman–Crippen MR) is 135 cm³/mol. The van der Waals surface area contributed by atoms with Crippen molar-refractivity contribution in [2.24, 2.45) is 4.99 Å². The molecular weight excluding hydrogens is 489 g/mol. The third-order valence-electron chi connectivity index (χ3n) is 5.66. The number of aliphatic imine (C=N–C) groups is 1. The normalized spacial score (nSPS) is 17.3. The van der Waals surface area contributed by atoms with Crippen LogP contribution in [0.2, 0.25) is 0 Å². The summed E-state index contributed by atoms with van der Waals surface area (Å²) >= 11 is 0. The number of likely N-dealkylation sites (tertiary alicyclic amines) is 1. The Bertz CT molecular complexity index is 729. The molecule has 166 valence electrons. The quantitative estimate of drug-likeness (QED) is 0.311. The number of hydrogen-bond acceptors (Lipinski definition) is 4. The molecule has 7 heteroatoms. The third kappa shape index (κ3) is 6.99. The predicted octanol–water partition coefficient (Wildman–Crippen LogP) is 3.89. The summed E-state index contributed by atoms with van der Waals surface area (Å²) in [5.74, 6) is 1.84. The van der Waals surface area contributed by atoms with Crippen LogP contribution >= 0.6 is 24.0 Å². The maximum Gasteiger partial charge on any atom is 0.191 e. The van der Waals surface area contributed by atoms with Gasteiger partial charge in [-0.25, -0.2) is 0 Å². The molecule has 3 rings (SSSR count). The molecule has 0 aliphatic carbocycles. The molecule has 1 aromatic heterocycles. The molecule has 0 radical (unpaired) electrons. The maximum absolute atomic E-state index is 5.75. The number of furan rings is 1. The molecule has 2 aromatic rings. The zero-order valence-electron chi connectivity index (χ0n) is 18.4. The summed E-state index contributed by atoms with van der Waals surface area (Å²) in [5, 5.41) is 7.02. The minimum atomic E-state index is 0. The minimum absolute atomic E-state index is 0. The Morgan fingerprint density at radius 1 is 1.03 bits per heavy atom. The molecule has 2 heterocycles. The molecular formula is C23H36IN5O. The SMILES string of the molecule is CN=C(NCC(c1ccccc1)N(C)C)NCC(c1ccco1)N1CCCCC1.I. The smallest absolute Gasteiger partial charge is 0.191 e. The molecule has 1 aliphatic rings. The van der Waals surface area contributed by atoms with Crippen molar-refractivity contribution in [2.75, 3.05) is 47.3 Å². The molecule has 0 spiro atoms. The molecule has 0 saturated carbocycles. The monoisotopic (exact) mass is 525 g/mol. The first-order valence-corrected chi connectivity index (χ1v) is 10.6. The highest BCUT2D eigenvalue weighted by atomic mass is 127. The van der Waals surface area contributed by atoms with E-state index in [0.717, 1.165) is 37.9 Å². The van der Waals surface area contributed by atoms with Gasteiger partial charge in [0.2, 0.25) is 0 Å². The lowest BCUT2D eigenvalue weighted by molar-refractivity contribution is 0.146. The van der Waals surface area contributed by atoms with Gasteiger partial charge in [0, 0.05) is 20.1 Å². The van der Waals surface area contributed by atoms with Crippen LogP contribution in [0.25, 0.3) is 0 Å². The van der Waals surface area contributed by atoms with Gasteiger partial charge in [0.1, 0.15) is 5.76 Å². The van der Waals surface area contributed by atoms with Gasteiger partial charge in [0.25, 0.3) is 0 Å². The van der Waals surface area contributed by atoms with Crippen LogP contribution in [-0.2, 0) is 0 Å². The van der Waals surface area contributed by atoms with Gasteiger partial charge in [-0.05, 0) is 57.7 Å². The van der Waals surface area contributed by atoms with Gasteiger partial charge < -0.3 is 20.0 Å². The average Bonchev–Trinajstić information content (AvgIpc) is 3.28. The summed E-state index contributed by atoms with van der Waals surface area (Å²) in [4.78, 5) is 9.19. The van der Waals surface area contributed by atoms with E-state index in [2.05, 4.69) is 75.9 Å². The topological polar surface area (TPSA) is 56.0 Å². The van der Waals surface area contributed by atoms with Crippen LogP contribution in [-0.4, -0.2) is 63.1 Å². The van der Waals surface area contributed by atoms with Crippen LogP contribution < -0.4 is 10.6 Å². The minimum Gasteiger partial charge on any atom is -0.468 e. The third-order valence-corrected chi connectivity index (χ3v) is 5.66. The molecule has 2 N–H and O–H groups in total. The second-order valence-corrected chi connectivity index (χ2v) is 7.85. The number of benzene rings is 1. The van der Waals surface area contributed by atoms with Crippen molar-refractivity contribution >= 4 is 29.9 Å². The van der Waals surface area contributed by atoms with Gasteiger partial charge in [-0.2, -0.15) is 0 Å². The van der Waals surface area contributed by atoms with Gasteiger partial charge in [-0.3, -0.25) is 9.89 Å². The maximum atomic E-state index is 5.75. The Balaban J connectivity index is 0.00000320. The van der Waals surface area contributed by atoms with Crippen molar-refractivity contribution in [2.45, 2.75) is 31.3 Å². The average molecular weight is 525 g/mol. The zero-order chi connectivity index (χ0) is 20.5.